The molecule has 0 unspecified atom stereocenters. The normalized spacial score (nSPS) is 13.2. The molecule has 15 heterocycles. The molecule has 706 valence electrons. The van der Waals surface area contributed by atoms with E-state index in [4.69, 9.17) is 29.9 Å². The standard InChI is InChI=1S/C132H118N12/c1-127(2,3)85-41-29-79(30-42-85)117-95-57-53-91(133-95)115(77-25-21-19-22-26-77)92-54-58-96(134-92)118(80-31-43-86(44-32-80)128(4,5)6)100-62-70-108(138-100)123(107-69-61-99(117)137-107)125-111-73-65-103(141-111)121(83-37-49-89(50-38-83)131(13,14)15)105-67-75-113(143-105)126(114-76-68-106(144-114)122(104-66-74-112(125)142-104)84-39-51-90(52-40-84)132(16,17)18)124-109-71-63-101(139-109)119(81-33-45-87(46-34-81)129(7,8)9)97-59-55-93(135-97)116(78-27-23-20-24-28-78)94-56-60-98(136-94)120(102-64-72-110(124)140-102)82-35-47-88(48-36-82)130(10,11)12/h19-76,133,135,138,140-141,144H,1-18H3. The molecule has 17 aromatic rings. The maximum Gasteiger partial charge on any atom is 0.0738 e. The Labute approximate surface area is 842 Å². The molecule has 0 amide bonds. The fourth-order valence-electron chi connectivity index (χ4n) is 21.1. The molecule has 8 aromatic carbocycles. The Kier molecular flexibility index (Phi) is 22.1. The van der Waals surface area contributed by atoms with Crippen molar-refractivity contribution in [3.05, 3.63) is 381 Å². The van der Waals surface area contributed by atoms with Crippen molar-refractivity contribution in [2.24, 2.45) is 0 Å². The summed E-state index contributed by atoms with van der Waals surface area (Å²) in [6.07, 6.45) is 26.3. The highest BCUT2D eigenvalue weighted by Crippen LogP contribution is 2.49. The summed E-state index contributed by atoms with van der Waals surface area (Å²) in [5, 5.41) is 0. The first kappa shape index (κ1) is 91.3. The van der Waals surface area contributed by atoms with E-state index in [1.54, 1.807) is 0 Å². The van der Waals surface area contributed by atoms with Crippen molar-refractivity contribution in [1.29, 1.82) is 0 Å². The molecule has 12 nitrogen and oxygen atoms in total. The first-order valence-electron chi connectivity index (χ1n) is 50.4. The Hall–Kier alpha value is -16.4. The highest BCUT2D eigenvalue weighted by molar-refractivity contribution is 6.09. The van der Waals surface area contributed by atoms with Crippen molar-refractivity contribution in [2.75, 3.05) is 0 Å². The van der Waals surface area contributed by atoms with E-state index >= 15 is 0 Å². The van der Waals surface area contributed by atoms with Gasteiger partial charge >= 0.3 is 0 Å². The van der Waals surface area contributed by atoms with Gasteiger partial charge < -0.3 is 29.9 Å². The van der Waals surface area contributed by atoms with E-state index in [0.29, 0.717) is 0 Å². The van der Waals surface area contributed by atoms with Crippen molar-refractivity contribution < 1.29 is 0 Å². The molecule has 0 radical (unpaired) electrons. The van der Waals surface area contributed by atoms with Crippen LogP contribution in [0.1, 0.15) is 226 Å². The van der Waals surface area contributed by atoms with E-state index in [1.807, 2.05) is 0 Å². The summed E-state index contributed by atoms with van der Waals surface area (Å²) in [7, 11) is 0. The fraction of sp³-hybridized carbons (Fsp3) is 0.182. The number of hydrogen-bond acceptors (Lipinski definition) is 6. The molecule has 24 bridgehead atoms. The Morgan fingerprint density at radius 3 is 0.361 bits per heavy atom. The van der Waals surface area contributed by atoms with Gasteiger partial charge in [0.05, 0.1) is 68.3 Å². The van der Waals surface area contributed by atoms with Crippen LogP contribution in [0.5, 0.6) is 0 Å². The third-order valence-electron chi connectivity index (χ3n) is 29.1. The largest absolute Gasteiger partial charge is 0.354 e. The molecule has 12 heteroatoms. The number of hydrogen-bond donors (Lipinski definition) is 6. The van der Waals surface area contributed by atoms with Gasteiger partial charge in [-0.3, -0.25) is 0 Å². The van der Waals surface area contributed by atoms with Crippen molar-refractivity contribution in [1.82, 2.24) is 59.8 Å². The van der Waals surface area contributed by atoms with E-state index in [2.05, 4.69) is 506 Å². The predicted molar refractivity (Wildman–Crippen MR) is 610 cm³/mol. The molecule has 0 saturated carbocycles. The third-order valence-corrected chi connectivity index (χ3v) is 29.1. The second kappa shape index (κ2) is 34.8. The van der Waals surface area contributed by atoms with Crippen molar-refractivity contribution >= 4 is 139 Å². The minimum atomic E-state index is -0.150. The number of nitrogens with one attached hydrogen (secondary N) is 6. The lowest BCUT2D eigenvalue weighted by atomic mass is 9.86. The first-order valence-corrected chi connectivity index (χ1v) is 50.4. The second-order valence-electron chi connectivity index (χ2n) is 45.2. The van der Waals surface area contributed by atoms with Gasteiger partial charge in [0.15, 0.2) is 0 Å². The van der Waals surface area contributed by atoms with Crippen molar-refractivity contribution in [3.63, 3.8) is 0 Å². The molecule has 144 heavy (non-hydrogen) atoms. The van der Waals surface area contributed by atoms with Gasteiger partial charge in [0.2, 0.25) is 0 Å². The summed E-state index contributed by atoms with van der Waals surface area (Å²) in [5.41, 5.74) is 45.3. The highest BCUT2D eigenvalue weighted by atomic mass is 14.8. The Bertz CT molecular complexity index is 8240. The number of fused-ring (bicyclic) bond motifs is 24. The maximum atomic E-state index is 6.15. The summed E-state index contributed by atoms with van der Waals surface area (Å²) in [4.78, 5) is 60.9. The van der Waals surface area contributed by atoms with E-state index in [-0.39, 0.29) is 32.5 Å². The second-order valence-corrected chi connectivity index (χ2v) is 45.2. The molecule has 0 saturated heterocycles. The summed E-state index contributed by atoms with van der Waals surface area (Å²) in [6, 6.07) is 102. The lowest BCUT2D eigenvalue weighted by Gasteiger charge is -2.19. The molecule has 6 aliphatic heterocycles. The van der Waals surface area contributed by atoms with Gasteiger partial charge in [-0.2, -0.15) is 0 Å². The zero-order valence-corrected chi connectivity index (χ0v) is 85.2. The molecule has 0 aliphatic carbocycles. The van der Waals surface area contributed by atoms with Gasteiger partial charge in [0.1, 0.15) is 0 Å². The van der Waals surface area contributed by atoms with E-state index in [1.165, 1.54) is 33.4 Å². The SMILES string of the molecule is CC(C)(C)c1ccc(-c2c3nc(c(-c4c5nc(c(-c6ccc(C(C)(C)C)cc6)c6ccc([nH]6)c(-c6c7nc(c(-c8ccc(C(C)(C)C)cc8)c8ccc([nH]8)c(-c8ccccc8)c8nc(c(-c9ccc(C(C)(C)C)cc9)c9ccc6[nH]9)C=C8)C=C7)c6nc(c(-c7ccc(C(C)(C)C)cc7)c7ccc4[nH]7)C=C6)C=C5)c4ccc([nH]4)c(-c4ccc(C(C)(C)C)cc4)c4nc(c(-c5ccccc5)c5ccc2[nH]5)C=C4)C=C3)cc1. The van der Waals surface area contributed by atoms with Gasteiger partial charge in [-0.05, 0) is 256 Å². The van der Waals surface area contributed by atoms with Gasteiger partial charge in [-0.15, -0.1) is 0 Å². The third kappa shape index (κ3) is 16.9. The summed E-state index contributed by atoms with van der Waals surface area (Å²) in [5.74, 6) is 0. The number of nitrogens with zero attached hydrogens (tertiary/aromatic N) is 6. The average molecular weight is 1870 g/mol. The molecule has 6 aliphatic rings. The fourth-order valence-corrected chi connectivity index (χ4v) is 21.1. The number of H-pyrrole nitrogens is 6. The summed E-state index contributed by atoms with van der Waals surface area (Å²) >= 11 is 0. The first-order chi connectivity index (χ1) is 69.1. The van der Waals surface area contributed by atoms with E-state index in [0.717, 1.165) is 246 Å². The van der Waals surface area contributed by atoms with Crippen LogP contribution < -0.4 is 0 Å². The van der Waals surface area contributed by atoms with Gasteiger partial charge in [0, 0.05) is 133 Å². The molecular weight excluding hydrogens is 1750 g/mol. The van der Waals surface area contributed by atoms with Gasteiger partial charge in [-0.1, -0.05) is 331 Å². The van der Waals surface area contributed by atoms with Gasteiger partial charge in [-0.25, -0.2) is 29.9 Å². The molecular formula is C132H118N12. The van der Waals surface area contributed by atoms with Crippen LogP contribution in [0.25, 0.3) is 250 Å². The van der Waals surface area contributed by atoms with Crippen molar-refractivity contribution in [3.8, 4) is 111 Å². The van der Waals surface area contributed by atoms with Crippen LogP contribution in [0, 0.1) is 0 Å². The quantitative estimate of drug-likeness (QED) is 0.0795. The van der Waals surface area contributed by atoms with Crippen LogP contribution in [-0.4, -0.2) is 59.8 Å². The molecule has 0 atom stereocenters. The molecule has 0 spiro atoms. The highest BCUT2D eigenvalue weighted by Gasteiger charge is 2.31. The van der Waals surface area contributed by atoms with E-state index < -0.39 is 0 Å². The predicted octanol–water partition coefficient (Wildman–Crippen LogP) is 35.0. The lowest BCUT2D eigenvalue weighted by Crippen LogP contribution is -2.10. The zero-order chi connectivity index (χ0) is 99.4. The molecule has 9 aromatic heterocycles. The zero-order valence-electron chi connectivity index (χ0n) is 85.2. The Morgan fingerprint density at radius 2 is 0.236 bits per heavy atom. The van der Waals surface area contributed by atoms with Crippen molar-refractivity contribution in [2.45, 2.75) is 157 Å². The van der Waals surface area contributed by atoms with Crippen LogP contribution in [0.3, 0.4) is 0 Å². The van der Waals surface area contributed by atoms with E-state index in [9.17, 15) is 0 Å². The number of aromatic amines is 6. The molecule has 0 fully saturated rings. The Balaban J connectivity index is 0.863. The lowest BCUT2D eigenvalue weighted by molar-refractivity contribution is 0.590. The number of benzene rings is 8. The number of rotatable bonds is 10. The minimum Gasteiger partial charge on any atom is -0.354 e. The molecule has 23 rings (SSSR count). The smallest absolute Gasteiger partial charge is 0.0738 e. The molecule has 6 N–H and O–H groups in total. The van der Waals surface area contributed by atoms with Crippen LogP contribution in [0.4, 0.5) is 0 Å². The minimum absolute atomic E-state index is 0.0945. The van der Waals surface area contributed by atoms with Crippen LogP contribution in [0.15, 0.2) is 279 Å². The van der Waals surface area contributed by atoms with Crippen LogP contribution in [0.2, 0.25) is 0 Å². The summed E-state index contributed by atoms with van der Waals surface area (Å²) < 4.78 is 0. The monoisotopic (exact) mass is 1870 g/mol. The average Bonchev–Trinajstić information content (AvgIpc) is 1.59. The maximum absolute atomic E-state index is 6.15. The van der Waals surface area contributed by atoms with Gasteiger partial charge in [0.25, 0.3) is 0 Å². The Morgan fingerprint density at radius 1 is 0.125 bits per heavy atom. The number of aromatic nitrogens is 12. The summed E-state index contributed by atoms with van der Waals surface area (Å²) in [6.45, 7) is 40.9. The van der Waals surface area contributed by atoms with Crippen LogP contribution in [-0.2, 0) is 32.5 Å². The topological polar surface area (TPSA) is 172 Å². The van der Waals surface area contributed by atoms with Crippen LogP contribution >= 0.6 is 0 Å².